The number of aliphatic hydroxyl groups is 1. The number of aliphatic hydroxyl groups excluding tert-OH is 1. The highest BCUT2D eigenvalue weighted by molar-refractivity contribution is 7.09. The molecule has 2 saturated carbocycles. The van der Waals surface area contributed by atoms with Gasteiger partial charge in [0.1, 0.15) is 0 Å². The van der Waals surface area contributed by atoms with E-state index in [1.807, 2.05) is 0 Å². The van der Waals surface area contributed by atoms with Crippen molar-refractivity contribution < 1.29 is 5.11 Å². The Kier molecular flexibility index (Phi) is 2.57. The molecule has 1 heterocycles. The molecule has 82 valence electrons. The second-order valence-electron chi connectivity index (χ2n) is 5.17. The molecule has 3 unspecified atom stereocenters. The quantitative estimate of drug-likeness (QED) is 0.830. The van der Waals surface area contributed by atoms with Gasteiger partial charge in [0, 0.05) is 4.88 Å². The molecule has 0 amide bonds. The van der Waals surface area contributed by atoms with Crippen LogP contribution in [0, 0.1) is 17.8 Å². The largest absolute Gasteiger partial charge is 0.393 e. The summed E-state index contributed by atoms with van der Waals surface area (Å²) in [6.07, 6.45) is 6.04. The Bertz CT molecular complexity index is 309. The van der Waals surface area contributed by atoms with Crippen molar-refractivity contribution in [1.29, 1.82) is 0 Å². The molecule has 2 fully saturated rings. The summed E-state index contributed by atoms with van der Waals surface area (Å²) in [6.45, 7) is 0. The molecule has 0 saturated heterocycles. The van der Waals surface area contributed by atoms with Crippen molar-refractivity contribution in [2.45, 2.75) is 38.2 Å². The smallest absolute Gasteiger partial charge is 0.0572 e. The van der Waals surface area contributed by atoms with Crippen LogP contribution in [0.25, 0.3) is 0 Å². The first kappa shape index (κ1) is 9.86. The molecule has 0 spiro atoms. The Labute approximate surface area is 95.1 Å². The van der Waals surface area contributed by atoms with E-state index in [1.54, 1.807) is 11.3 Å². The highest BCUT2D eigenvalue weighted by Crippen LogP contribution is 2.55. The van der Waals surface area contributed by atoms with Gasteiger partial charge in [0.2, 0.25) is 0 Å². The van der Waals surface area contributed by atoms with Crippen LogP contribution < -0.4 is 0 Å². The van der Waals surface area contributed by atoms with Crippen LogP contribution >= 0.6 is 11.3 Å². The van der Waals surface area contributed by atoms with Crippen LogP contribution in [0.1, 0.15) is 30.6 Å². The van der Waals surface area contributed by atoms with Crippen LogP contribution in [0.4, 0.5) is 0 Å². The van der Waals surface area contributed by atoms with Crippen LogP contribution in [0.2, 0.25) is 0 Å². The fourth-order valence-corrected chi connectivity index (χ4v) is 3.78. The molecule has 1 aromatic rings. The van der Waals surface area contributed by atoms with Crippen LogP contribution in [-0.2, 0) is 6.42 Å². The third kappa shape index (κ3) is 2.11. The zero-order valence-electron chi connectivity index (χ0n) is 8.93. The summed E-state index contributed by atoms with van der Waals surface area (Å²) in [5.74, 6) is 2.60. The number of hydrogen-bond donors (Lipinski definition) is 1. The monoisotopic (exact) mass is 222 g/mol. The van der Waals surface area contributed by atoms with Gasteiger partial charge >= 0.3 is 0 Å². The average molecular weight is 222 g/mol. The number of thiophene rings is 1. The maximum atomic E-state index is 10.1. The van der Waals surface area contributed by atoms with E-state index in [-0.39, 0.29) is 6.10 Å². The average Bonchev–Trinajstić information content (AvgIpc) is 2.75. The summed E-state index contributed by atoms with van der Waals surface area (Å²) in [7, 11) is 0. The lowest BCUT2D eigenvalue weighted by Gasteiger charge is -2.18. The first-order valence-electron chi connectivity index (χ1n) is 6.03. The third-order valence-corrected chi connectivity index (χ3v) is 5.03. The van der Waals surface area contributed by atoms with Crippen LogP contribution in [-0.4, -0.2) is 11.2 Å². The fraction of sp³-hybridized carbons (Fsp3) is 0.692. The number of hydrogen-bond acceptors (Lipinski definition) is 2. The molecule has 0 aliphatic heterocycles. The van der Waals surface area contributed by atoms with Crippen molar-refractivity contribution in [3.05, 3.63) is 22.4 Å². The molecule has 1 nitrogen and oxygen atoms in total. The SMILES string of the molecule is OC(CCc1cccs1)C1CC2CC2C1. The van der Waals surface area contributed by atoms with Crippen molar-refractivity contribution in [2.24, 2.45) is 17.8 Å². The van der Waals surface area contributed by atoms with E-state index in [0.717, 1.165) is 24.7 Å². The zero-order valence-corrected chi connectivity index (χ0v) is 9.75. The van der Waals surface area contributed by atoms with Gasteiger partial charge in [-0.3, -0.25) is 0 Å². The molecule has 0 bridgehead atoms. The molecule has 3 atom stereocenters. The summed E-state index contributed by atoms with van der Waals surface area (Å²) in [4.78, 5) is 1.41. The highest BCUT2D eigenvalue weighted by atomic mass is 32.1. The van der Waals surface area contributed by atoms with Crippen molar-refractivity contribution in [1.82, 2.24) is 0 Å². The van der Waals surface area contributed by atoms with Crippen molar-refractivity contribution in [3.63, 3.8) is 0 Å². The molecule has 2 heteroatoms. The molecule has 2 aliphatic carbocycles. The lowest BCUT2D eigenvalue weighted by atomic mass is 9.93. The standard InChI is InChI=1S/C13H18OS/c14-13(4-3-12-2-1-5-15-12)11-7-9-6-10(9)8-11/h1-2,5,9-11,13-14H,3-4,6-8H2. The minimum atomic E-state index is -0.0418. The van der Waals surface area contributed by atoms with Crippen molar-refractivity contribution in [3.8, 4) is 0 Å². The van der Waals surface area contributed by atoms with E-state index in [9.17, 15) is 5.11 Å². The maximum absolute atomic E-state index is 10.1. The Morgan fingerprint density at radius 3 is 2.80 bits per heavy atom. The summed E-state index contributed by atoms with van der Waals surface area (Å²) < 4.78 is 0. The van der Waals surface area contributed by atoms with Gasteiger partial charge in [-0.05, 0) is 61.3 Å². The van der Waals surface area contributed by atoms with Gasteiger partial charge in [-0.2, -0.15) is 0 Å². The fourth-order valence-electron chi connectivity index (χ4n) is 3.06. The minimum Gasteiger partial charge on any atom is -0.393 e. The number of rotatable bonds is 4. The van der Waals surface area contributed by atoms with E-state index in [4.69, 9.17) is 0 Å². The van der Waals surface area contributed by atoms with E-state index in [1.165, 1.54) is 24.1 Å². The summed E-state index contributed by atoms with van der Waals surface area (Å²) in [5, 5.41) is 12.2. The van der Waals surface area contributed by atoms with Gasteiger partial charge in [-0.1, -0.05) is 6.07 Å². The van der Waals surface area contributed by atoms with Gasteiger partial charge < -0.3 is 5.11 Å². The van der Waals surface area contributed by atoms with Gasteiger partial charge in [0.25, 0.3) is 0 Å². The van der Waals surface area contributed by atoms with Crippen LogP contribution in [0.5, 0.6) is 0 Å². The van der Waals surface area contributed by atoms with E-state index < -0.39 is 0 Å². The predicted molar refractivity (Wildman–Crippen MR) is 63.0 cm³/mol. The summed E-state index contributed by atoms with van der Waals surface area (Å²) in [5.41, 5.74) is 0. The van der Waals surface area contributed by atoms with E-state index >= 15 is 0 Å². The molecule has 0 radical (unpaired) electrons. The number of aryl methyl sites for hydroxylation is 1. The van der Waals surface area contributed by atoms with Crippen LogP contribution in [0.15, 0.2) is 17.5 Å². The number of fused-ring (bicyclic) bond motifs is 1. The Balaban J connectivity index is 1.47. The van der Waals surface area contributed by atoms with Gasteiger partial charge in [-0.25, -0.2) is 0 Å². The molecule has 0 aromatic carbocycles. The van der Waals surface area contributed by atoms with Crippen molar-refractivity contribution in [2.75, 3.05) is 0 Å². The molecule has 1 aromatic heterocycles. The Morgan fingerprint density at radius 1 is 1.33 bits per heavy atom. The molecule has 3 rings (SSSR count). The Hall–Kier alpha value is -0.340. The Morgan fingerprint density at radius 2 is 2.13 bits per heavy atom. The highest BCUT2D eigenvalue weighted by Gasteiger charge is 2.47. The topological polar surface area (TPSA) is 20.2 Å². The van der Waals surface area contributed by atoms with Gasteiger partial charge in [-0.15, -0.1) is 11.3 Å². The molecule has 15 heavy (non-hydrogen) atoms. The van der Waals surface area contributed by atoms with Gasteiger partial charge in [0.15, 0.2) is 0 Å². The molecular formula is C13H18OS. The van der Waals surface area contributed by atoms with Crippen LogP contribution in [0.3, 0.4) is 0 Å². The molecule has 2 aliphatic rings. The first-order chi connectivity index (χ1) is 7.33. The van der Waals surface area contributed by atoms with E-state index in [0.29, 0.717) is 5.92 Å². The van der Waals surface area contributed by atoms with Gasteiger partial charge in [0.05, 0.1) is 6.10 Å². The van der Waals surface area contributed by atoms with Crippen molar-refractivity contribution >= 4 is 11.3 Å². The van der Waals surface area contributed by atoms with E-state index in [2.05, 4.69) is 17.5 Å². The zero-order chi connectivity index (χ0) is 10.3. The lowest BCUT2D eigenvalue weighted by Crippen LogP contribution is -2.19. The molecular weight excluding hydrogens is 204 g/mol. The maximum Gasteiger partial charge on any atom is 0.0572 e. The first-order valence-corrected chi connectivity index (χ1v) is 6.91. The second-order valence-corrected chi connectivity index (χ2v) is 6.20. The minimum absolute atomic E-state index is 0.0418. The normalized spacial score (nSPS) is 35.1. The molecule has 1 N–H and O–H groups in total. The summed E-state index contributed by atoms with van der Waals surface area (Å²) in [6, 6.07) is 4.26. The third-order valence-electron chi connectivity index (χ3n) is 4.09. The second kappa shape index (κ2) is 3.91. The lowest BCUT2D eigenvalue weighted by molar-refractivity contribution is 0.0958. The summed E-state index contributed by atoms with van der Waals surface area (Å²) >= 11 is 1.81. The predicted octanol–water partition coefficient (Wildman–Crippen LogP) is 3.09.